The number of piperidine rings is 2. The number of benzene rings is 1. The van der Waals surface area contributed by atoms with Crippen LogP contribution in [-0.4, -0.2) is 57.7 Å². The van der Waals surface area contributed by atoms with Crippen LogP contribution in [0.5, 0.6) is 0 Å². The number of carbonyl (C=O) groups excluding carboxylic acids is 3. The summed E-state index contributed by atoms with van der Waals surface area (Å²) in [4.78, 5) is 44.0. The first kappa shape index (κ1) is 21.2. The number of nitrogens with zero attached hydrogens (tertiary/aromatic N) is 3. The number of nitrogens with one attached hydrogen (secondary N) is 2. The molecule has 0 bridgehead atoms. The number of aromatic nitrogens is 2. The second-order valence-corrected chi connectivity index (χ2v) is 8.44. The third-order valence-corrected chi connectivity index (χ3v) is 6.37. The summed E-state index contributed by atoms with van der Waals surface area (Å²) in [6.07, 6.45) is 9.13. The Labute approximate surface area is 182 Å². The molecular weight excluding hydrogens is 394 g/mol. The summed E-state index contributed by atoms with van der Waals surface area (Å²) in [6.45, 7) is 2.80. The molecular formula is C23H29N5O3. The molecule has 2 aliphatic rings. The van der Waals surface area contributed by atoms with Gasteiger partial charge in [0, 0.05) is 43.3 Å². The van der Waals surface area contributed by atoms with E-state index in [4.69, 9.17) is 0 Å². The Bertz CT molecular complexity index is 968. The van der Waals surface area contributed by atoms with Crippen LogP contribution in [0.4, 0.5) is 5.69 Å². The van der Waals surface area contributed by atoms with Gasteiger partial charge in [-0.05, 0) is 56.8 Å². The number of rotatable bonds is 5. The van der Waals surface area contributed by atoms with E-state index in [-0.39, 0.29) is 5.78 Å². The number of aryl methyl sites for hydroxylation is 1. The molecule has 2 aliphatic heterocycles. The molecule has 164 valence electrons. The van der Waals surface area contributed by atoms with E-state index in [0.29, 0.717) is 35.6 Å². The Morgan fingerprint density at radius 1 is 1.10 bits per heavy atom. The molecule has 8 heteroatoms. The number of anilines is 1. The maximum absolute atomic E-state index is 12.6. The van der Waals surface area contributed by atoms with Crippen molar-refractivity contribution >= 4 is 23.3 Å². The highest BCUT2D eigenvalue weighted by Crippen LogP contribution is 2.30. The number of amides is 2. The zero-order chi connectivity index (χ0) is 21.8. The van der Waals surface area contributed by atoms with Crippen LogP contribution in [0, 0.1) is 5.92 Å². The first-order valence-corrected chi connectivity index (χ1v) is 11.0. The van der Waals surface area contributed by atoms with Gasteiger partial charge in [-0.2, -0.15) is 0 Å². The lowest BCUT2D eigenvalue weighted by atomic mass is 9.83. The van der Waals surface area contributed by atoms with Crippen molar-refractivity contribution in [3.8, 4) is 0 Å². The van der Waals surface area contributed by atoms with Crippen LogP contribution < -0.4 is 10.6 Å². The average molecular weight is 424 g/mol. The van der Waals surface area contributed by atoms with Crippen molar-refractivity contribution in [3.63, 3.8) is 0 Å². The van der Waals surface area contributed by atoms with Crippen molar-refractivity contribution in [2.45, 2.75) is 38.1 Å². The fourth-order valence-electron chi connectivity index (χ4n) is 4.76. The van der Waals surface area contributed by atoms with Crippen molar-refractivity contribution in [2.24, 2.45) is 13.0 Å². The normalized spacial score (nSPS) is 21.2. The highest BCUT2D eigenvalue weighted by Gasteiger charge is 2.33. The van der Waals surface area contributed by atoms with Gasteiger partial charge < -0.3 is 20.1 Å². The Balaban J connectivity index is 1.33. The van der Waals surface area contributed by atoms with Gasteiger partial charge in [0.25, 0.3) is 0 Å². The van der Waals surface area contributed by atoms with Crippen LogP contribution in [0.3, 0.4) is 0 Å². The fourth-order valence-corrected chi connectivity index (χ4v) is 4.76. The predicted octanol–water partition coefficient (Wildman–Crippen LogP) is 1.97. The topological polar surface area (TPSA) is 96.3 Å². The molecule has 1 aromatic heterocycles. The van der Waals surface area contributed by atoms with Crippen LogP contribution >= 0.6 is 0 Å². The van der Waals surface area contributed by atoms with Crippen LogP contribution in [0.25, 0.3) is 0 Å². The van der Waals surface area contributed by atoms with E-state index >= 15 is 0 Å². The molecule has 2 aromatic rings. The number of imidazole rings is 1. The third kappa shape index (κ3) is 4.85. The van der Waals surface area contributed by atoms with Gasteiger partial charge in [-0.25, -0.2) is 4.98 Å². The van der Waals surface area contributed by atoms with Gasteiger partial charge in [0.2, 0.25) is 5.78 Å². The predicted molar refractivity (Wildman–Crippen MR) is 117 cm³/mol. The minimum absolute atomic E-state index is 0.248. The summed E-state index contributed by atoms with van der Waals surface area (Å²) >= 11 is 0. The molecule has 0 radical (unpaired) electrons. The minimum Gasteiger partial charge on any atom is -0.347 e. The van der Waals surface area contributed by atoms with E-state index in [0.717, 1.165) is 25.9 Å². The zero-order valence-electron chi connectivity index (χ0n) is 17.8. The number of hydrogen-bond acceptors (Lipinski definition) is 5. The van der Waals surface area contributed by atoms with Gasteiger partial charge in [-0.1, -0.05) is 18.6 Å². The molecule has 8 nitrogen and oxygen atoms in total. The van der Waals surface area contributed by atoms with E-state index in [1.54, 1.807) is 48.3 Å². The molecule has 3 heterocycles. The van der Waals surface area contributed by atoms with E-state index < -0.39 is 11.8 Å². The van der Waals surface area contributed by atoms with Crippen LogP contribution in [0.2, 0.25) is 0 Å². The summed E-state index contributed by atoms with van der Waals surface area (Å²) in [6, 6.07) is 7.06. The molecule has 4 rings (SSSR count). The van der Waals surface area contributed by atoms with Gasteiger partial charge in [0.05, 0.1) is 0 Å². The molecule has 1 aromatic carbocycles. The SMILES string of the molecule is Cn1ccnc1C(=O)c1cccc(NC(=O)C(=O)NC[C@H]2CCCN3CCCC[C@@H]23)c1. The Hall–Kier alpha value is -3.00. The lowest BCUT2D eigenvalue weighted by Crippen LogP contribution is -2.51. The molecule has 31 heavy (non-hydrogen) atoms. The summed E-state index contributed by atoms with van der Waals surface area (Å²) in [5, 5.41) is 5.41. The molecule has 0 aliphatic carbocycles. The maximum atomic E-state index is 12.6. The number of ketones is 1. The van der Waals surface area contributed by atoms with E-state index in [2.05, 4.69) is 20.5 Å². The summed E-state index contributed by atoms with van der Waals surface area (Å²) in [7, 11) is 1.75. The van der Waals surface area contributed by atoms with Gasteiger partial charge in [-0.3, -0.25) is 14.4 Å². The maximum Gasteiger partial charge on any atom is 0.313 e. The van der Waals surface area contributed by atoms with Gasteiger partial charge >= 0.3 is 11.8 Å². The Kier molecular flexibility index (Phi) is 6.46. The zero-order valence-corrected chi connectivity index (χ0v) is 17.8. The number of fused-ring (bicyclic) bond motifs is 1. The van der Waals surface area contributed by atoms with Crippen molar-refractivity contribution in [3.05, 3.63) is 48.0 Å². The molecule has 2 amide bonds. The molecule has 0 saturated carbocycles. The molecule has 2 N–H and O–H groups in total. The largest absolute Gasteiger partial charge is 0.347 e. The molecule has 0 spiro atoms. The quantitative estimate of drug-likeness (QED) is 0.566. The molecule has 2 fully saturated rings. The monoisotopic (exact) mass is 423 g/mol. The Morgan fingerprint density at radius 3 is 2.74 bits per heavy atom. The van der Waals surface area contributed by atoms with E-state index in [9.17, 15) is 14.4 Å². The standard InChI is InChI=1S/C23H29N5O3/c1-27-13-10-24-21(27)20(29)16-6-4-8-18(14-16)26-23(31)22(30)25-15-17-7-5-12-28-11-3-2-9-19(17)28/h4,6,8,10,13-14,17,19H,2-3,5,7,9,11-12,15H2,1H3,(H,25,30)(H,26,31)/t17-,19+/m1/s1. The van der Waals surface area contributed by atoms with Crippen LogP contribution in [-0.2, 0) is 16.6 Å². The van der Waals surface area contributed by atoms with Crippen LogP contribution in [0.1, 0.15) is 48.3 Å². The second kappa shape index (κ2) is 9.43. The summed E-state index contributed by atoms with van der Waals surface area (Å²) in [5.74, 6) is -0.913. The lowest BCUT2D eigenvalue weighted by Gasteiger charge is -2.44. The van der Waals surface area contributed by atoms with Crippen molar-refractivity contribution in [1.82, 2.24) is 19.8 Å². The first-order valence-electron chi connectivity index (χ1n) is 11.0. The van der Waals surface area contributed by atoms with Crippen LogP contribution in [0.15, 0.2) is 36.7 Å². The summed E-state index contributed by atoms with van der Waals surface area (Å²) < 4.78 is 1.64. The van der Waals surface area contributed by atoms with Gasteiger partial charge in [0.15, 0.2) is 5.82 Å². The summed E-state index contributed by atoms with van der Waals surface area (Å²) in [5.41, 5.74) is 0.795. The molecule has 2 saturated heterocycles. The number of carbonyl (C=O) groups is 3. The fraction of sp³-hybridized carbons (Fsp3) is 0.478. The number of hydrogen-bond donors (Lipinski definition) is 2. The minimum atomic E-state index is -0.724. The highest BCUT2D eigenvalue weighted by molar-refractivity contribution is 6.39. The smallest absolute Gasteiger partial charge is 0.313 e. The van der Waals surface area contributed by atoms with E-state index in [1.165, 1.54) is 19.3 Å². The van der Waals surface area contributed by atoms with E-state index in [1.807, 2.05) is 0 Å². The van der Waals surface area contributed by atoms with Gasteiger partial charge in [0.1, 0.15) is 0 Å². The third-order valence-electron chi connectivity index (χ3n) is 6.37. The van der Waals surface area contributed by atoms with Crippen molar-refractivity contribution in [2.75, 3.05) is 25.0 Å². The van der Waals surface area contributed by atoms with Gasteiger partial charge in [-0.15, -0.1) is 0 Å². The lowest BCUT2D eigenvalue weighted by molar-refractivity contribution is -0.136. The highest BCUT2D eigenvalue weighted by atomic mass is 16.2. The second-order valence-electron chi connectivity index (χ2n) is 8.44. The van der Waals surface area contributed by atoms with Crippen molar-refractivity contribution in [1.29, 1.82) is 0 Å². The van der Waals surface area contributed by atoms with Crippen molar-refractivity contribution < 1.29 is 14.4 Å². The first-order chi connectivity index (χ1) is 15.0. The Morgan fingerprint density at radius 2 is 1.94 bits per heavy atom. The molecule has 0 unspecified atom stereocenters. The average Bonchev–Trinajstić information content (AvgIpc) is 3.22. The molecule has 2 atom stereocenters.